The van der Waals surface area contributed by atoms with Gasteiger partial charge in [0.1, 0.15) is 0 Å². The van der Waals surface area contributed by atoms with Gasteiger partial charge in [0.05, 0.1) is 50.4 Å². The zero-order chi connectivity index (χ0) is 31.1. The Morgan fingerprint density at radius 1 is 0.362 bits per heavy atom. The van der Waals surface area contributed by atoms with Gasteiger partial charge in [-0.2, -0.15) is 5.26 Å². The molecule has 4 nitrogen and oxygen atoms in total. The highest BCUT2D eigenvalue weighted by atomic mass is 15.1. The van der Waals surface area contributed by atoms with Gasteiger partial charge in [0.15, 0.2) is 0 Å². The summed E-state index contributed by atoms with van der Waals surface area (Å²) in [6, 6.07) is 58.3. The van der Waals surface area contributed by atoms with Crippen LogP contribution in [0.5, 0.6) is 0 Å². The van der Waals surface area contributed by atoms with Crippen molar-refractivity contribution in [3.63, 3.8) is 0 Å². The number of nitrogens with zero attached hydrogens (tertiary/aromatic N) is 4. The molecule has 0 saturated heterocycles. The first kappa shape index (κ1) is 25.7. The number of benzene rings is 7. The van der Waals surface area contributed by atoms with Crippen molar-refractivity contribution in [3.05, 3.63) is 163 Å². The molecule has 0 bridgehead atoms. The van der Waals surface area contributed by atoms with Crippen LogP contribution >= 0.6 is 0 Å². The highest BCUT2D eigenvalue weighted by Crippen LogP contribution is 2.41. The maximum Gasteiger partial charge on any atom is 0.0991 e. The molecule has 218 valence electrons. The summed E-state index contributed by atoms with van der Waals surface area (Å²) in [6.45, 7) is 0. The molecule has 3 aromatic heterocycles. The lowest BCUT2D eigenvalue weighted by atomic mass is 10.1. The van der Waals surface area contributed by atoms with E-state index < -0.39 is 0 Å². The lowest BCUT2D eigenvalue weighted by molar-refractivity contribution is 1.13. The molecule has 10 rings (SSSR count). The van der Waals surface area contributed by atoms with E-state index in [0.29, 0.717) is 5.56 Å². The topological polar surface area (TPSA) is 38.6 Å². The van der Waals surface area contributed by atoms with Gasteiger partial charge in [0, 0.05) is 43.7 Å². The van der Waals surface area contributed by atoms with Gasteiger partial charge in [-0.15, -0.1) is 0 Å². The molecule has 0 atom stereocenters. The van der Waals surface area contributed by atoms with Crippen LogP contribution in [0.15, 0.2) is 158 Å². The molecule has 4 heteroatoms. The average molecular weight is 599 g/mol. The van der Waals surface area contributed by atoms with E-state index in [0.717, 1.165) is 49.9 Å². The fourth-order valence-electron chi connectivity index (χ4n) is 7.71. The van der Waals surface area contributed by atoms with Gasteiger partial charge in [-0.1, -0.05) is 84.9 Å². The van der Waals surface area contributed by atoms with E-state index >= 15 is 0 Å². The highest BCUT2D eigenvalue weighted by molar-refractivity contribution is 6.16. The van der Waals surface area contributed by atoms with Crippen LogP contribution in [0.2, 0.25) is 0 Å². The van der Waals surface area contributed by atoms with Crippen LogP contribution in [0.3, 0.4) is 0 Å². The Morgan fingerprint density at radius 3 is 1.57 bits per heavy atom. The summed E-state index contributed by atoms with van der Waals surface area (Å²) in [7, 11) is 0. The van der Waals surface area contributed by atoms with Crippen LogP contribution < -0.4 is 0 Å². The summed E-state index contributed by atoms with van der Waals surface area (Å²) in [6.07, 6.45) is 0. The molecular formula is C43H26N4. The van der Waals surface area contributed by atoms with Crippen LogP contribution in [-0.2, 0) is 0 Å². The summed E-state index contributed by atoms with van der Waals surface area (Å²) < 4.78 is 7.13. The van der Waals surface area contributed by atoms with Gasteiger partial charge < -0.3 is 13.7 Å². The van der Waals surface area contributed by atoms with E-state index in [1.54, 1.807) is 0 Å². The largest absolute Gasteiger partial charge is 0.309 e. The Morgan fingerprint density at radius 2 is 0.894 bits per heavy atom. The lowest BCUT2D eigenvalue weighted by Gasteiger charge is -2.15. The second-order valence-electron chi connectivity index (χ2n) is 12.1. The summed E-state index contributed by atoms with van der Waals surface area (Å²) >= 11 is 0. The first-order chi connectivity index (χ1) is 23.3. The molecule has 10 aromatic rings. The lowest BCUT2D eigenvalue weighted by Crippen LogP contribution is -2.00. The fourth-order valence-corrected chi connectivity index (χ4v) is 7.71. The quantitative estimate of drug-likeness (QED) is 0.199. The third-order valence-electron chi connectivity index (χ3n) is 9.64. The number of fused-ring (bicyclic) bond motifs is 9. The predicted molar refractivity (Wildman–Crippen MR) is 194 cm³/mol. The van der Waals surface area contributed by atoms with E-state index in [2.05, 4.69) is 159 Å². The maximum atomic E-state index is 9.84. The van der Waals surface area contributed by atoms with Crippen LogP contribution in [0.25, 0.3) is 82.5 Å². The van der Waals surface area contributed by atoms with Gasteiger partial charge in [-0.25, -0.2) is 0 Å². The molecule has 0 radical (unpaired) electrons. The maximum absolute atomic E-state index is 9.84. The number of hydrogen-bond donors (Lipinski definition) is 0. The third kappa shape index (κ3) is 3.57. The van der Waals surface area contributed by atoms with E-state index in [1.165, 1.54) is 32.6 Å². The minimum absolute atomic E-state index is 0.653. The SMILES string of the molecule is N#Cc1ccc2c(c1)c1cc(-n3c4ccccc4c4cccc(-n5c6ccccc6c6ccccc65)c43)ccc1n2-c1ccccc1. The Hall–Kier alpha value is -6.57. The highest BCUT2D eigenvalue weighted by Gasteiger charge is 2.21. The van der Waals surface area contributed by atoms with Crippen molar-refractivity contribution in [1.82, 2.24) is 13.7 Å². The van der Waals surface area contributed by atoms with Gasteiger partial charge in [0.2, 0.25) is 0 Å². The Balaban J connectivity index is 1.34. The Kier molecular flexibility index (Phi) is 5.32. The molecule has 0 unspecified atom stereocenters. The van der Waals surface area contributed by atoms with Gasteiger partial charge >= 0.3 is 0 Å². The Labute approximate surface area is 270 Å². The molecule has 0 spiro atoms. The molecule has 0 fully saturated rings. The van der Waals surface area contributed by atoms with Crippen molar-refractivity contribution in [2.75, 3.05) is 0 Å². The van der Waals surface area contributed by atoms with Gasteiger partial charge in [0.25, 0.3) is 0 Å². The molecule has 0 saturated carbocycles. The first-order valence-electron chi connectivity index (χ1n) is 15.8. The number of rotatable bonds is 3. The van der Waals surface area contributed by atoms with Crippen molar-refractivity contribution in [2.24, 2.45) is 0 Å². The van der Waals surface area contributed by atoms with Crippen molar-refractivity contribution in [1.29, 1.82) is 5.26 Å². The molecule has 0 aliphatic heterocycles. The summed E-state index contributed by atoms with van der Waals surface area (Å²) in [5.74, 6) is 0. The minimum atomic E-state index is 0.653. The van der Waals surface area contributed by atoms with Crippen molar-refractivity contribution in [3.8, 4) is 23.1 Å². The van der Waals surface area contributed by atoms with E-state index in [9.17, 15) is 5.26 Å². The Bertz CT molecular complexity index is 2860. The van der Waals surface area contributed by atoms with Crippen molar-refractivity contribution >= 4 is 65.4 Å². The van der Waals surface area contributed by atoms with Crippen LogP contribution in [0, 0.1) is 11.3 Å². The fraction of sp³-hybridized carbons (Fsp3) is 0. The minimum Gasteiger partial charge on any atom is -0.309 e. The molecule has 0 amide bonds. The molecule has 0 aliphatic rings. The molecular weight excluding hydrogens is 573 g/mol. The van der Waals surface area contributed by atoms with E-state index in [4.69, 9.17) is 0 Å². The summed E-state index contributed by atoms with van der Waals surface area (Å²) in [4.78, 5) is 0. The second-order valence-corrected chi connectivity index (χ2v) is 12.1. The van der Waals surface area contributed by atoms with Crippen molar-refractivity contribution in [2.45, 2.75) is 0 Å². The van der Waals surface area contributed by atoms with Crippen LogP contribution in [0.4, 0.5) is 0 Å². The average Bonchev–Trinajstić information content (AvgIpc) is 3.77. The zero-order valence-electron chi connectivity index (χ0n) is 25.3. The zero-order valence-corrected chi connectivity index (χ0v) is 25.3. The normalized spacial score (nSPS) is 11.8. The van der Waals surface area contributed by atoms with Crippen LogP contribution in [-0.4, -0.2) is 13.7 Å². The standard InChI is InChI=1S/C43H26N4/c44-27-28-21-23-40-35(25-28)36-26-30(22-24-41(36)45(40)29-11-2-1-3-12-29)46-37-17-7-6-15-33(37)34-16-10-20-42(43(34)46)47-38-18-8-4-13-31(38)32-14-5-9-19-39(32)47/h1-26H. The molecule has 47 heavy (non-hydrogen) atoms. The molecule has 7 aromatic carbocycles. The van der Waals surface area contributed by atoms with Gasteiger partial charge in [-0.3, -0.25) is 0 Å². The molecule has 0 N–H and O–H groups in total. The first-order valence-corrected chi connectivity index (χ1v) is 15.8. The van der Waals surface area contributed by atoms with Crippen LogP contribution in [0.1, 0.15) is 5.56 Å². The number of para-hydroxylation sites is 5. The summed E-state index contributed by atoms with van der Waals surface area (Å²) in [5.41, 5.74) is 10.8. The summed E-state index contributed by atoms with van der Waals surface area (Å²) in [5, 5.41) is 16.9. The third-order valence-corrected chi connectivity index (χ3v) is 9.64. The van der Waals surface area contributed by atoms with E-state index in [-0.39, 0.29) is 0 Å². The number of aromatic nitrogens is 3. The molecule has 0 aliphatic carbocycles. The number of nitriles is 1. The molecule has 3 heterocycles. The van der Waals surface area contributed by atoms with E-state index in [1.807, 2.05) is 18.2 Å². The predicted octanol–water partition coefficient (Wildman–Crippen LogP) is 10.8. The smallest absolute Gasteiger partial charge is 0.0991 e. The van der Waals surface area contributed by atoms with Gasteiger partial charge in [-0.05, 0) is 72.8 Å². The van der Waals surface area contributed by atoms with Crippen molar-refractivity contribution < 1.29 is 0 Å². The monoisotopic (exact) mass is 598 g/mol. The number of hydrogen-bond acceptors (Lipinski definition) is 1. The second kappa shape index (κ2) is 9.71.